The van der Waals surface area contributed by atoms with Crippen molar-refractivity contribution >= 4 is 12.0 Å². The third-order valence-corrected chi connectivity index (χ3v) is 7.40. The minimum absolute atomic E-state index is 0.0621. The number of aliphatic hydroxyl groups is 2. The van der Waals surface area contributed by atoms with Crippen LogP contribution in [0, 0.1) is 0 Å². The SMILES string of the molecule is CC(C)(O)CCCCCCC(NC(=O)OCC1c2ccccc2-c2ccccc21)C(=O)NCCCC(O)OC(C)(C)C. The quantitative estimate of drug-likeness (QED) is 0.142. The van der Waals surface area contributed by atoms with E-state index in [9.17, 15) is 19.8 Å². The molecule has 0 aliphatic heterocycles. The fourth-order valence-electron chi connectivity index (χ4n) is 5.39. The Morgan fingerprint density at radius 1 is 0.857 bits per heavy atom. The van der Waals surface area contributed by atoms with Gasteiger partial charge in [0, 0.05) is 12.5 Å². The van der Waals surface area contributed by atoms with Crippen molar-refractivity contribution < 1.29 is 29.3 Å². The summed E-state index contributed by atoms with van der Waals surface area (Å²) in [6.07, 6.45) is 4.10. The van der Waals surface area contributed by atoms with E-state index in [-0.39, 0.29) is 18.4 Å². The minimum Gasteiger partial charge on any atom is -0.449 e. The average molecular weight is 583 g/mol. The summed E-state index contributed by atoms with van der Waals surface area (Å²) in [5.74, 6) is -0.334. The third kappa shape index (κ3) is 11.0. The number of unbranched alkanes of at least 4 members (excludes halogenated alkanes) is 3. The number of carbonyl (C=O) groups is 2. The molecule has 1 aliphatic carbocycles. The number of nitrogens with one attached hydrogen (secondary N) is 2. The van der Waals surface area contributed by atoms with E-state index in [4.69, 9.17) is 9.47 Å². The molecule has 8 nitrogen and oxygen atoms in total. The zero-order valence-electron chi connectivity index (χ0n) is 25.9. The molecule has 2 amide bonds. The molecule has 0 spiro atoms. The average Bonchev–Trinajstić information content (AvgIpc) is 3.23. The topological polar surface area (TPSA) is 117 Å². The molecule has 1 aliphatic rings. The summed E-state index contributed by atoms with van der Waals surface area (Å²) < 4.78 is 11.2. The van der Waals surface area contributed by atoms with Gasteiger partial charge in [0.05, 0.1) is 11.2 Å². The normalized spacial score (nSPS) is 14.5. The highest BCUT2D eigenvalue weighted by atomic mass is 16.6. The molecule has 0 bridgehead atoms. The van der Waals surface area contributed by atoms with E-state index in [1.807, 2.05) is 45.0 Å². The van der Waals surface area contributed by atoms with E-state index >= 15 is 0 Å². The number of fused-ring (bicyclic) bond motifs is 3. The van der Waals surface area contributed by atoms with Crippen molar-refractivity contribution in [2.45, 2.75) is 115 Å². The van der Waals surface area contributed by atoms with Gasteiger partial charge in [-0.2, -0.15) is 0 Å². The van der Waals surface area contributed by atoms with Crippen LogP contribution in [0.5, 0.6) is 0 Å². The lowest BCUT2D eigenvalue weighted by atomic mass is 9.98. The summed E-state index contributed by atoms with van der Waals surface area (Å²) in [4.78, 5) is 26.0. The van der Waals surface area contributed by atoms with E-state index in [2.05, 4.69) is 34.9 Å². The predicted octanol–water partition coefficient (Wildman–Crippen LogP) is 6.04. The van der Waals surface area contributed by atoms with Crippen molar-refractivity contribution in [3.63, 3.8) is 0 Å². The van der Waals surface area contributed by atoms with Crippen LogP contribution in [0.3, 0.4) is 0 Å². The smallest absolute Gasteiger partial charge is 0.407 e. The van der Waals surface area contributed by atoms with Gasteiger partial charge in [-0.1, -0.05) is 74.2 Å². The standard InChI is InChI=1S/C34H50N2O6/c1-33(2,3)42-30(37)20-14-22-35-31(38)29(19-8-6-7-13-21-34(4,5)40)36-32(39)41-23-28-26-17-11-9-15-24(26)25-16-10-12-18-27(25)28/h9-12,15-18,28-30,37,40H,6-8,13-14,19-23H2,1-5H3,(H,35,38)(H,36,39). The van der Waals surface area contributed by atoms with Crippen LogP contribution in [0.4, 0.5) is 4.79 Å². The van der Waals surface area contributed by atoms with Crippen molar-refractivity contribution in [1.82, 2.24) is 10.6 Å². The lowest BCUT2D eigenvalue weighted by molar-refractivity contribution is -0.168. The highest BCUT2D eigenvalue weighted by molar-refractivity contribution is 5.85. The van der Waals surface area contributed by atoms with Crippen molar-refractivity contribution in [2.24, 2.45) is 0 Å². The van der Waals surface area contributed by atoms with Crippen molar-refractivity contribution in [1.29, 1.82) is 0 Å². The van der Waals surface area contributed by atoms with Gasteiger partial charge < -0.3 is 30.3 Å². The molecule has 3 rings (SSSR count). The summed E-state index contributed by atoms with van der Waals surface area (Å²) in [6, 6.07) is 15.6. The van der Waals surface area contributed by atoms with Gasteiger partial charge in [-0.25, -0.2) is 4.79 Å². The Balaban J connectivity index is 1.53. The van der Waals surface area contributed by atoms with E-state index in [1.54, 1.807) is 13.8 Å². The monoisotopic (exact) mass is 582 g/mol. The molecule has 4 N–H and O–H groups in total. The zero-order chi connectivity index (χ0) is 30.8. The highest BCUT2D eigenvalue weighted by Crippen LogP contribution is 2.44. The van der Waals surface area contributed by atoms with Crippen LogP contribution >= 0.6 is 0 Å². The number of amides is 2. The molecule has 0 radical (unpaired) electrons. The van der Waals surface area contributed by atoms with Crippen LogP contribution in [0.25, 0.3) is 11.1 Å². The Morgan fingerprint density at radius 3 is 2.05 bits per heavy atom. The van der Waals surface area contributed by atoms with E-state index in [0.717, 1.165) is 54.4 Å². The fourth-order valence-corrected chi connectivity index (χ4v) is 5.39. The van der Waals surface area contributed by atoms with Gasteiger partial charge in [-0.15, -0.1) is 0 Å². The Kier molecular flexibility index (Phi) is 12.4. The van der Waals surface area contributed by atoms with Gasteiger partial charge in [-0.3, -0.25) is 4.79 Å². The van der Waals surface area contributed by atoms with Crippen LogP contribution in [0.1, 0.15) is 103 Å². The molecule has 2 unspecified atom stereocenters. The maximum Gasteiger partial charge on any atom is 0.407 e. The Bertz CT molecular complexity index is 1110. The second kappa shape index (κ2) is 15.5. The first kappa shape index (κ1) is 33.6. The Hall–Kier alpha value is -2.94. The summed E-state index contributed by atoms with van der Waals surface area (Å²) in [5.41, 5.74) is 3.44. The second-order valence-corrected chi connectivity index (χ2v) is 12.9. The first-order chi connectivity index (χ1) is 19.8. The fraction of sp³-hybridized carbons (Fsp3) is 0.588. The first-order valence-corrected chi connectivity index (χ1v) is 15.3. The van der Waals surface area contributed by atoms with E-state index < -0.39 is 29.6 Å². The Morgan fingerprint density at radius 2 is 1.45 bits per heavy atom. The molecular formula is C34H50N2O6. The molecule has 2 atom stereocenters. The van der Waals surface area contributed by atoms with Gasteiger partial charge in [0.25, 0.3) is 0 Å². The third-order valence-electron chi connectivity index (χ3n) is 7.40. The van der Waals surface area contributed by atoms with Crippen LogP contribution in [0.15, 0.2) is 48.5 Å². The number of hydrogen-bond donors (Lipinski definition) is 4. The van der Waals surface area contributed by atoms with Crippen LogP contribution < -0.4 is 10.6 Å². The summed E-state index contributed by atoms with van der Waals surface area (Å²) in [7, 11) is 0. The molecule has 0 saturated carbocycles. The van der Waals surface area contributed by atoms with Gasteiger partial charge in [0.2, 0.25) is 5.91 Å². The summed E-state index contributed by atoms with van der Waals surface area (Å²) >= 11 is 0. The number of benzene rings is 2. The molecular weight excluding hydrogens is 532 g/mol. The summed E-state index contributed by atoms with van der Waals surface area (Å²) in [6.45, 7) is 9.78. The number of rotatable bonds is 16. The molecule has 2 aromatic rings. The predicted molar refractivity (Wildman–Crippen MR) is 165 cm³/mol. The molecule has 0 saturated heterocycles. The second-order valence-electron chi connectivity index (χ2n) is 12.9. The molecule has 0 fully saturated rings. The van der Waals surface area contributed by atoms with Crippen LogP contribution in [-0.4, -0.2) is 58.9 Å². The van der Waals surface area contributed by atoms with Gasteiger partial charge >= 0.3 is 6.09 Å². The van der Waals surface area contributed by atoms with Crippen LogP contribution in [0.2, 0.25) is 0 Å². The van der Waals surface area contributed by atoms with Gasteiger partial charge in [0.15, 0.2) is 6.29 Å². The number of alkyl carbamates (subject to hydrolysis) is 1. The summed E-state index contributed by atoms with van der Waals surface area (Å²) in [5, 5.41) is 25.7. The highest BCUT2D eigenvalue weighted by Gasteiger charge is 2.30. The number of carbonyl (C=O) groups excluding carboxylic acids is 2. The van der Waals surface area contributed by atoms with Crippen molar-refractivity contribution in [3.8, 4) is 11.1 Å². The van der Waals surface area contributed by atoms with E-state index in [0.29, 0.717) is 25.8 Å². The van der Waals surface area contributed by atoms with Crippen molar-refractivity contribution in [3.05, 3.63) is 59.7 Å². The zero-order valence-corrected chi connectivity index (χ0v) is 25.9. The molecule has 0 heterocycles. The minimum atomic E-state index is -0.902. The molecule has 8 heteroatoms. The first-order valence-electron chi connectivity index (χ1n) is 15.3. The Labute approximate surface area is 251 Å². The molecule has 232 valence electrons. The number of ether oxygens (including phenoxy) is 2. The van der Waals surface area contributed by atoms with Crippen molar-refractivity contribution in [2.75, 3.05) is 13.2 Å². The van der Waals surface area contributed by atoms with Gasteiger partial charge in [0.1, 0.15) is 12.6 Å². The van der Waals surface area contributed by atoms with E-state index in [1.165, 1.54) is 0 Å². The lowest BCUT2D eigenvalue weighted by Gasteiger charge is -2.24. The van der Waals surface area contributed by atoms with Gasteiger partial charge in [-0.05, 0) is 82.6 Å². The molecule has 2 aromatic carbocycles. The number of aliphatic hydroxyl groups excluding tert-OH is 1. The lowest BCUT2D eigenvalue weighted by Crippen LogP contribution is -2.47. The largest absolute Gasteiger partial charge is 0.449 e. The number of hydrogen-bond acceptors (Lipinski definition) is 6. The maximum absolute atomic E-state index is 13.1. The molecule has 42 heavy (non-hydrogen) atoms. The van der Waals surface area contributed by atoms with Crippen LogP contribution in [-0.2, 0) is 14.3 Å². The maximum atomic E-state index is 13.1. The molecule has 0 aromatic heterocycles.